The van der Waals surface area contributed by atoms with Crippen molar-refractivity contribution >= 4 is 23.5 Å². The highest BCUT2D eigenvalue weighted by Crippen LogP contribution is 2.35. The van der Waals surface area contributed by atoms with E-state index in [-0.39, 0.29) is 30.3 Å². The zero-order valence-electron chi connectivity index (χ0n) is 24.7. The lowest BCUT2D eigenvalue weighted by Gasteiger charge is -2.15. The van der Waals surface area contributed by atoms with Gasteiger partial charge in [0.15, 0.2) is 0 Å². The van der Waals surface area contributed by atoms with Crippen LogP contribution in [0, 0.1) is 5.95 Å². The molecule has 0 bridgehead atoms. The Kier molecular flexibility index (Phi) is 9.42. The van der Waals surface area contributed by atoms with Gasteiger partial charge < -0.3 is 23.8 Å². The van der Waals surface area contributed by atoms with E-state index in [4.69, 9.17) is 25.8 Å². The first-order chi connectivity index (χ1) is 22.4. The Labute approximate surface area is 266 Å². The van der Waals surface area contributed by atoms with Crippen LogP contribution in [-0.2, 0) is 20.6 Å². The molecule has 14 nitrogen and oxygen atoms in total. The van der Waals surface area contributed by atoms with Crippen LogP contribution in [0.5, 0.6) is 0 Å². The summed E-state index contributed by atoms with van der Waals surface area (Å²) in [6, 6.07) is 11.3. The molecule has 1 atom stereocenters. The van der Waals surface area contributed by atoms with Crippen LogP contribution in [-0.4, -0.2) is 78.9 Å². The van der Waals surface area contributed by atoms with Crippen molar-refractivity contribution in [3.05, 3.63) is 87.8 Å². The maximum atomic E-state index is 15.1. The van der Waals surface area contributed by atoms with Crippen LogP contribution in [0.25, 0.3) is 28.1 Å². The Bertz CT molecular complexity index is 1880. The lowest BCUT2D eigenvalue weighted by atomic mass is 10.0. The number of nitrogens with one attached hydrogen (secondary N) is 2. The lowest BCUT2D eigenvalue weighted by molar-refractivity contribution is 0.0333. The van der Waals surface area contributed by atoms with E-state index in [1.165, 1.54) is 29.3 Å². The second-order valence-electron chi connectivity index (χ2n) is 10.2. The Morgan fingerprint density at radius 2 is 1.96 bits per heavy atom. The molecule has 2 N–H and O–H groups in total. The lowest BCUT2D eigenvalue weighted by Crippen LogP contribution is -2.24. The number of imidazole rings is 1. The zero-order chi connectivity index (χ0) is 32.0. The third-order valence-corrected chi connectivity index (χ3v) is 7.55. The third-order valence-electron chi connectivity index (χ3n) is 7.31. The second kappa shape index (κ2) is 14.0. The van der Waals surface area contributed by atoms with Gasteiger partial charge in [-0.2, -0.15) is 9.07 Å². The average Bonchev–Trinajstić information content (AvgIpc) is 3.82. The number of carbonyl (C=O) groups is 1. The third kappa shape index (κ3) is 6.80. The normalized spacial score (nSPS) is 13.9. The number of rotatable bonds is 12. The van der Waals surface area contributed by atoms with Gasteiger partial charge in [0.2, 0.25) is 5.95 Å². The summed E-state index contributed by atoms with van der Waals surface area (Å²) in [5.74, 6) is -0.196. The number of amides is 1. The molecule has 4 aromatic heterocycles. The van der Waals surface area contributed by atoms with E-state index in [2.05, 4.69) is 35.8 Å². The van der Waals surface area contributed by atoms with Gasteiger partial charge in [0.25, 0.3) is 5.56 Å². The van der Waals surface area contributed by atoms with Crippen molar-refractivity contribution < 1.29 is 23.4 Å². The molecule has 238 valence electrons. The fourth-order valence-electron chi connectivity index (χ4n) is 5.25. The molecule has 1 aliphatic heterocycles. The van der Waals surface area contributed by atoms with Crippen molar-refractivity contribution in [2.24, 2.45) is 0 Å². The van der Waals surface area contributed by atoms with Crippen LogP contribution in [0.1, 0.15) is 30.9 Å². The summed E-state index contributed by atoms with van der Waals surface area (Å²) in [7, 11) is 0. The highest BCUT2D eigenvalue weighted by atomic mass is 35.5. The number of tetrazole rings is 1. The van der Waals surface area contributed by atoms with Gasteiger partial charge in [-0.25, -0.2) is 14.8 Å². The number of pyridine rings is 2. The number of fused-ring (bicyclic) bond motifs is 1. The van der Waals surface area contributed by atoms with E-state index < -0.39 is 18.1 Å². The zero-order valence-corrected chi connectivity index (χ0v) is 25.4. The number of ether oxygens (including phenoxy) is 3. The molecule has 5 aromatic rings. The molecule has 1 amide bonds. The van der Waals surface area contributed by atoms with E-state index in [0.717, 1.165) is 5.69 Å². The number of hydrogen-bond donors (Lipinski definition) is 2. The molecule has 0 aliphatic carbocycles. The van der Waals surface area contributed by atoms with Crippen LogP contribution >= 0.6 is 11.6 Å². The number of aromatic amines is 1. The number of halogens is 2. The summed E-state index contributed by atoms with van der Waals surface area (Å²) in [5.41, 5.74) is 3.05. The molecule has 0 fully saturated rings. The van der Waals surface area contributed by atoms with Crippen molar-refractivity contribution in [3.63, 3.8) is 0 Å². The molecule has 0 radical (unpaired) electrons. The number of H-pyrrole nitrogens is 1. The summed E-state index contributed by atoms with van der Waals surface area (Å²) in [4.78, 5) is 36.9. The monoisotopic (exact) mass is 649 g/mol. The fourth-order valence-corrected chi connectivity index (χ4v) is 5.42. The molecule has 0 saturated heterocycles. The second-order valence-corrected chi connectivity index (χ2v) is 10.6. The maximum absolute atomic E-state index is 15.1. The van der Waals surface area contributed by atoms with Crippen molar-refractivity contribution in [1.29, 1.82) is 0 Å². The molecule has 6 rings (SSSR count). The first-order valence-electron chi connectivity index (χ1n) is 14.5. The predicted molar refractivity (Wildman–Crippen MR) is 164 cm³/mol. The predicted octanol–water partition coefficient (Wildman–Crippen LogP) is 4.21. The number of anilines is 1. The van der Waals surface area contributed by atoms with E-state index in [1.807, 2.05) is 13.0 Å². The van der Waals surface area contributed by atoms with E-state index in [9.17, 15) is 9.59 Å². The molecule has 46 heavy (non-hydrogen) atoms. The number of aromatic nitrogens is 8. The highest BCUT2D eigenvalue weighted by molar-refractivity contribution is 6.31. The largest absolute Gasteiger partial charge is 0.447 e. The van der Waals surface area contributed by atoms with Crippen molar-refractivity contribution in [2.45, 2.75) is 25.8 Å². The average molecular weight is 650 g/mol. The molecule has 1 aliphatic rings. The number of nitrogens with zero attached hydrogens (tertiary/aromatic N) is 7. The summed E-state index contributed by atoms with van der Waals surface area (Å²) in [6.45, 7) is 3.69. The van der Waals surface area contributed by atoms with Gasteiger partial charge in [0, 0.05) is 40.7 Å². The van der Waals surface area contributed by atoms with Crippen LogP contribution in [0.3, 0.4) is 0 Å². The van der Waals surface area contributed by atoms with Crippen LogP contribution in [0.15, 0.2) is 59.8 Å². The molecule has 0 unspecified atom stereocenters. The van der Waals surface area contributed by atoms with E-state index in [0.29, 0.717) is 65.9 Å². The summed E-state index contributed by atoms with van der Waals surface area (Å²) in [5, 5.41) is 14.4. The molecule has 5 heterocycles. The quantitative estimate of drug-likeness (QED) is 0.187. The Morgan fingerprint density at radius 3 is 2.74 bits per heavy atom. The van der Waals surface area contributed by atoms with Gasteiger partial charge in [-0.05, 0) is 72.2 Å². The minimum absolute atomic E-state index is 0.0647. The van der Waals surface area contributed by atoms with Gasteiger partial charge in [0.05, 0.1) is 31.5 Å². The first kappa shape index (κ1) is 31.0. The van der Waals surface area contributed by atoms with Crippen molar-refractivity contribution in [1.82, 2.24) is 39.7 Å². The Hall–Kier alpha value is -4.99. The van der Waals surface area contributed by atoms with Gasteiger partial charge >= 0.3 is 6.09 Å². The summed E-state index contributed by atoms with van der Waals surface area (Å²) >= 11 is 6.30. The van der Waals surface area contributed by atoms with E-state index >= 15 is 4.39 Å². The SMILES string of the molecule is CCOCCOCCOC(=O)Nc1ccc(-c2[nH]c([C@@H]3CCc4cc(-c5cc(Cl)ccc5-n5cnnn5)cc(=O)n43)nc2F)cn1. The minimum atomic E-state index is -0.732. The van der Waals surface area contributed by atoms with Gasteiger partial charge in [-0.3, -0.25) is 10.1 Å². The smallest absolute Gasteiger partial charge is 0.412 e. The molecule has 16 heteroatoms. The first-order valence-corrected chi connectivity index (χ1v) is 14.9. The molecule has 0 spiro atoms. The number of benzene rings is 1. The summed E-state index contributed by atoms with van der Waals surface area (Å²) < 4.78 is 33.8. The molecular formula is C30H29ClFN9O5. The standard InChI is InChI=1S/C30H29ClFN9O5/c1-2-44-9-10-45-11-12-46-30(43)35-25-8-3-18(16-33-25)27-28(32)37-29(36-27)24-7-5-21-13-19(14-26(42)41(21)24)22-15-20(31)4-6-23(22)40-17-34-38-39-40/h3-4,6,8,13-17,24H,2,5,7,9-12H2,1H3,(H,36,37)(H,33,35,43)/t24-/m0/s1. The van der Waals surface area contributed by atoms with Crippen LogP contribution in [0.4, 0.5) is 15.0 Å². The number of carbonyl (C=O) groups excluding carboxylic acids is 1. The maximum Gasteiger partial charge on any atom is 0.412 e. The Morgan fingerprint density at radius 1 is 1.11 bits per heavy atom. The topological polar surface area (TPSA) is 164 Å². The van der Waals surface area contributed by atoms with Gasteiger partial charge in [-0.15, -0.1) is 5.10 Å². The molecule has 0 saturated carbocycles. The van der Waals surface area contributed by atoms with E-state index in [1.54, 1.807) is 28.8 Å². The summed E-state index contributed by atoms with van der Waals surface area (Å²) in [6.07, 6.45) is 3.29. The van der Waals surface area contributed by atoms with Crippen LogP contribution in [0.2, 0.25) is 5.02 Å². The van der Waals surface area contributed by atoms with Crippen molar-refractivity contribution in [3.8, 4) is 28.1 Å². The number of hydrogen-bond acceptors (Lipinski definition) is 10. The number of aryl methyl sites for hydroxylation is 1. The fraction of sp³-hybridized carbons (Fsp3) is 0.300. The molecular weight excluding hydrogens is 621 g/mol. The highest BCUT2D eigenvalue weighted by Gasteiger charge is 2.29. The van der Waals surface area contributed by atoms with Gasteiger partial charge in [-0.1, -0.05) is 11.6 Å². The van der Waals surface area contributed by atoms with Crippen LogP contribution < -0.4 is 10.9 Å². The molecule has 1 aromatic carbocycles. The minimum Gasteiger partial charge on any atom is -0.447 e. The van der Waals surface area contributed by atoms with Crippen molar-refractivity contribution in [2.75, 3.05) is 38.4 Å². The van der Waals surface area contributed by atoms with Gasteiger partial charge in [0.1, 0.15) is 30.3 Å². The Balaban J connectivity index is 1.14.